The van der Waals surface area contributed by atoms with Gasteiger partial charge in [0, 0.05) is 38.7 Å². The Morgan fingerprint density at radius 1 is 1.17 bits per heavy atom. The summed E-state index contributed by atoms with van der Waals surface area (Å²) in [5.74, 6) is -0.209. The number of ether oxygens (including phenoxy) is 4. The van der Waals surface area contributed by atoms with Crippen LogP contribution in [-0.2, 0) is 9.47 Å². The number of rotatable bonds is 3. The summed E-state index contributed by atoms with van der Waals surface area (Å²) in [6.45, 7) is 12.3. The smallest absolute Gasteiger partial charge is 0.410 e. The second-order valence-electron chi connectivity index (χ2n) is 8.76. The number of amides is 1. The fourth-order valence-corrected chi connectivity index (χ4v) is 4.07. The molecule has 2 aliphatic rings. The van der Waals surface area contributed by atoms with Crippen molar-refractivity contribution in [3.8, 4) is 11.5 Å². The van der Waals surface area contributed by atoms with Crippen molar-refractivity contribution in [2.75, 3.05) is 39.8 Å². The van der Waals surface area contributed by atoms with E-state index in [-0.39, 0.29) is 6.09 Å². The van der Waals surface area contributed by atoms with Gasteiger partial charge in [-0.25, -0.2) is 9.59 Å². The van der Waals surface area contributed by atoms with Gasteiger partial charge in [-0.1, -0.05) is 0 Å². The van der Waals surface area contributed by atoms with Crippen LogP contribution in [0.1, 0.15) is 43.6 Å². The van der Waals surface area contributed by atoms with Gasteiger partial charge < -0.3 is 23.8 Å². The highest BCUT2D eigenvalue weighted by molar-refractivity contribution is 9.10. The van der Waals surface area contributed by atoms with Crippen LogP contribution in [0.3, 0.4) is 0 Å². The predicted octanol–water partition coefficient (Wildman–Crippen LogP) is 3.58. The molecule has 0 aromatic heterocycles. The van der Waals surface area contributed by atoms with Crippen LogP contribution in [0.2, 0.25) is 0 Å². The van der Waals surface area contributed by atoms with Gasteiger partial charge in [-0.15, -0.1) is 0 Å². The number of esters is 1. The van der Waals surface area contributed by atoms with Crippen molar-refractivity contribution in [2.45, 2.75) is 46.0 Å². The number of nitrogens with zero attached hydrogens (tertiary/aromatic N) is 2. The summed E-state index contributed by atoms with van der Waals surface area (Å²) in [6, 6.07) is 1.69. The molecule has 2 aliphatic heterocycles. The Bertz CT molecular complexity index is 845. The number of hydrogen-bond donors (Lipinski definition) is 0. The van der Waals surface area contributed by atoms with E-state index in [1.807, 2.05) is 34.6 Å². The Hall–Kier alpha value is -2.00. The van der Waals surface area contributed by atoms with Crippen LogP contribution in [-0.4, -0.2) is 73.1 Å². The molecule has 1 saturated heterocycles. The van der Waals surface area contributed by atoms with Crippen molar-refractivity contribution in [3.05, 3.63) is 21.7 Å². The van der Waals surface area contributed by atoms with Crippen molar-refractivity contribution in [2.24, 2.45) is 0 Å². The van der Waals surface area contributed by atoms with E-state index in [1.54, 1.807) is 11.0 Å². The second kappa shape index (κ2) is 8.26. The zero-order valence-electron chi connectivity index (χ0n) is 18.3. The fraction of sp³-hybridized carbons (Fsp3) is 0.619. The standard InChI is InChI=1S/C21H29BrN2O6/c1-13-14(18(25)27-6)11-15(22)17-16(13)28-21(5,29-17)12-23-7-9-24(10-8-23)19(26)30-20(2,3)4/h11H,7-10,12H2,1-6H3. The number of fused-ring (bicyclic) bond motifs is 1. The van der Waals surface area contributed by atoms with Gasteiger partial charge in [0.25, 0.3) is 5.79 Å². The molecule has 0 N–H and O–H groups in total. The van der Waals surface area contributed by atoms with Crippen LogP contribution < -0.4 is 9.47 Å². The van der Waals surface area contributed by atoms with Crippen molar-refractivity contribution in [3.63, 3.8) is 0 Å². The number of piperazine rings is 1. The summed E-state index contributed by atoms with van der Waals surface area (Å²) in [5.41, 5.74) is 0.605. The van der Waals surface area contributed by atoms with E-state index in [1.165, 1.54) is 7.11 Å². The fourth-order valence-electron chi connectivity index (χ4n) is 3.58. The van der Waals surface area contributed by atoms with E-state index < -0.39 is 17.4 Å². The Morgan fingerprint density at radius 2 is 1.77 bits per heavy atom. The molecule has 0 bridgehead atoms. The van der Waals surface area contributed by atoms with Gasteiger partial charge >= 0.3 is 12.1 Å². The average molecular weight is 485 g/mol. The number of benzene rings is 1. The lowest BCUT2D eigenvalue weighted by molar-refractivity contribution is -0.0898. The molecule has 9 heteroatoms. The van der Waals surface area contributed by atoms with Gasteiger partial charge in [0.1, 0.15) is 5.60 Å². The van der Waals surface area contributed by atoms with Crippen molar-refractivity contribution >= 4 is 28.0 Å². The lowest BCUT2D eigenvalue weighted by atomic mass is 10.1. The van der Waals surface area contributed by atoms with Crippen LogP contribution >= 0.6 is 15.9 Å². The van der Waals surface area contributed by atoms with E-state index in [0.29, 0.717) is 59.8 Å². The zero-order chi connectivity index (χ0) is 22.3. The first-order chi connectivity index (χ1) is 13.9. The number of hydrogen-bond acceptors (Lipinski definition) is 7. The first kappa shape index (κ1) is 22.7. The Morgan fingerprint density at radius 3 is 2.33 bits per heavy atom. The summed E-state index contributed by atoms with van der Waals surface area (Å²) in [5, 5.41) is 0. The van der Waals surface area contributed by atoms with Crippen molar-refractivity contribution in [1.29, 1.82) is 0 Å². The first-order valence-corrected chi connectivity index (χ1v) is 10.7. The molecule has 3 rings (SSSR count). The zero-order valence-corrected chi connectivity index (χ0v) is 19.9. The molecule has 166 valence electrons. The number of methoxy groups -OCH3 is 1. The molecule has 1 amide bonds. The monoisotopic (exact) mass is 484 g/mol. The third-order valence-corrected chi connectivity index (χ3v) is 5.60. The highest BCUT2D eigenvalue weighted by Crippen LogP contribution is 2.48. The van der Waals surface area contributed by atoms with E-state index >= 15 is 0 Å². The van der Waals surface area contributed by atoms with Crippen LogP contribution in [0.15, 0.2) is 10.5 Å². The molecular formula is C21H29BrN2O6. The van der Waals surface area contributed by atoms with Crippen LogP contribution in [0, 0.1) is 6.92 Å². The van der Waals surface area contributed by atoms with Gasteiger partial charge in [0.05, 0.1) is 23.7 Å². The minimum absolute atomic E-state index is 0.288. The summed E-state index contributed by atoms with van der Waals surface area (Å²) in [7, 11) is 1.35. The van der Waals surface area contributed by atoms with E-state index in [0.717, 1.165) is 0 Å². The van der Waals surface area contributed by atoms with Crippen LogP contribution in [0.5, 0.6) is 11.5 Å². The SMILES string of the molecule is COC(=O)c1cc(Br)c2c(c1C)OC(C)(CN1CCN(C(=O)OC(C)(C)C)CC1)O2. The highest BCUT2D eigenvalue weighted by Gasteiger charge is 2.42. The van der Waals surface area contributed by atoms with Crippen molar-refractivity contribution < 1.29 is 28.5 Å². The maximum absolute atomic E-state index is 12.3. The Labute approximate surface area is 185 Å². The molecule has 1 unspecified atom stereocenters. The molecule has 30 heavy (non-hydrogen) atoms. The van der Waals surface area contributed by atoms with Gasteiger partial charge in [-0.3, -0.25) is 4.90 Å². The molecule has 1 atom stereocenters. The maximum Gasteiger partial charge on any atom is 0.410 e. The van der Waals surface area contributed by atoms with Gasteiger partial charge in [-0.05, 0) is 49.7 Å². The van der Waals surface area contributed by atoms with Gasteiger partial charge in [-0.2, -0.15) is 0 Å². The molecular weight excluding hydrogens is 456 g/mol. The first-order valence-electron chi connectivity index (χ1n) is 9.92. The van der Waals surface area contributed by atoms with Gasteiger partial charge in [0.15, 0.2) is 11.5 Å². The lowest BCUT2D eigenvalue weighted by Gasteiger charge is -2.38. The molecule has 1 aromatic carbocycles. The average Bonchev–Trinajstić information content (AvgIpc) is 3.01. The molecule has 2 heterocycles. The van der Waals surface area contributed by atoms with E-state index in [9.17, 15) is 9.59 Å². The van der Waals surface area contributed by atoms with E-state index in [4.69, 9.17) is 18.9 Å². The topological polar surface area (TPSA) is 77.5 Å². The second-order valence-corrected chi connectivity index (χ2v) is 9.62. The molecule has 0 spiro atoms. The van der Waals surface area contributed by atoms with Crippen LogP contribution in [0.25, 0.3) is 0 Å². The lowest BCUT2D eigenvalue weighted by Crippen LogP contribution is -2.55. The molecule has 0 radical (unpaired) electrons. The summed E-state index contributed by atoms with van der Waals surface area (Å²) in [4.78, 5) is 28.2. The summed E-state index contributed by atoms with van der Waals surface area (Å²) >= 11 is 3.47. The number of halogens is 1. The number of carbonyl (C=O) groups is 2. The van der Waals surface area contributed by atoms with Crippen molar-refractivity contribution in [1.82, 2.24) is 9.80 Å². The molecule has 0 saturated carbocycles. The third-order valence-electron chi connectivity index (χ3n) is 5.01. The Kier molecular flexibility index (Phi) is 6.25. The highest BCUT2D eigenvalue weighted by atomic mass is 79.9. The third kappa shape index (κ3) is 4.83. The molecule has 0 aliphatic carbocycles. The quantitative estimate of drug-likeness (QED) is 0.606. The summed E-state index contributed by atoms with van der Waals surface area (Å²) < 4.78 is 23.3. The normalized spacial score (nSPS) is 21.5. The molecule has 1 aromatic rings. The minimum atomic E-state index is -0.904. The van der Waals surface area contributed by atoms with Crippen LogP contribution in [0.4, 0.5) is 4.79 Å². The molecule has 1 fully saturated rings. The molecule has 8 nitrogen and oxygen atoms in total. The largest absolute Gasteiger partial charge is 0.465 e. The van der Waals surface area contributed by atoms with E-state index in [2.05, 4.69) is 20.8 Å². The number of carbonyl (C=O) groups excluding carboxylic acids is 2. The Balaban J connectivity index is 1.64. The minimum Gasteiger partial charge on any atom is -0.465 e. The summed E-state index contributed by atoms with van der Waals surface area (Å²) in [6.07, 6.45) is -0.288. The maximum atomic E-state index is 12.3. The predicted molar refractivity (Wildman–Crippen MR) is 114 cm³/mol. The van der Waals surface area contributed by atoms with Gasteiger partial charge in [0.2, 0.25) is 0 Å².